The van der Waals surface area contributed by atoms with E-state index in [1.165, 1.54) is 25.7 Å². The van der Waals surface area contributed by atoms with E-state index in [1.54, 1.807) is 0 Å². The highest BCUT2D eigenvalue weighted by molar-refractivity contribution is 4.82. The number of hydrogen-bond donors (Lipinski definition) is 2. The molecular weight excluding hydrogens is 174 g/mol. The molecule has 0 radical (unpaired) electrons. The molecule has 0 bridgehead atoms. The van der Waals surface area contributed by atoms with Crippen LogP contribution in [0.4, 0.5) is 0 Å². The molecule has 4 unspecified atom stereocenters. The molecule has 1 rings (SSSR count). The van der Waals surface area contributed by atoms with Crippen LogP contribution in [0, 0.1) is 11.8 Å². The number of aliphatic hydroxyl groups is 1. The second-order valence-electron chi connectivity index (χ2n) is 4.87. The zero-order chi connectivity index (χ0) is 10.6. The van der Waals surface area contributed by atoms with E-state index in [9.17, 15) is 5.11 Å². The Labute approximate surface area is 88.1 Å². The summed E-state index contributed by atoms with van der Waals surface area (Å²) < 4.78 is 0. The number of aliphatic hydroxyl groups excluding tert-OH is 1. The highest BCUT2D eigenvalue weighted by Crippen LogP contribution is 2.31. The third-order valence-electron chi connectivity index (χ3n) is 3.50. The van der Waals surface area contributed by atoms with Gasteiger partial charge in [-0.25, -0.2) is 0 Å². The Bertz CT molecular complexity index is 160. The standard InChI is InChI=1S/C12H25NO/c1-4-13-10(3)12(14)11-7-5-6-9(2)8-11/h9-14H,4-8H2,1-3H3. The summed E-state index contributed by atoms with van der Waals surface area (Å²) in [7, 11) is 0. The Kier molecular flexibility index (Phi) is 4.90. The van der Waals surface area contributed by atoms with E-state index < -0.39 is 0 Å². The summed E-state index contributed by atoms with van der Waals surface area (Å²) in [6.07, 6.45) is 4.90. The first-order valence-corrected chi connectivity index (χ1v) is 6.06. The van der Waals surface area contributed by atoms with Crippen LogP contribution in [0.25, 0.3) is 0 Å². The van der Waals surface area contributed by atoms with Crippen LogP contribution in [0.15, 0.2) is 0 Å². The van der Waals surface area contributed by atoms with E-state index in [0.29, 0.717) is 5.92 Å². The van der Waals surface area contributed by atoms with Gasteiger partial charge in [0.1, 0.15) is 0 Å². The van der Waals surface area contributed by atoms with Crippen LogP contribution in [0.5, 0.6) is 0 Å². The second-order valence-corrected chi connectivity index (χ2v) is 4.87. The van der Waals surface area contributed by atoms with E-state index in [1.807, 2.05) is 0 Å². The van der Waals surface area contributed by atoms with Crippen molar-refractivity contribution in [3.8, 4) is 0 Å². The first-order chi connectivity index (χ1) is 6.65. The number of rotatable bonds is 4. The summed E-state index contributed by atoms with van der Waals surface area (Å²) in [5.74, 6) is 1.32. The number of likely N-dealkylation sites (N-methyl/N-ethyl adjacent to an activating group) is 1. The maximum Gasteiger partial charge on any atom is 0.0718 e. The van der Waals surface area contributed by atoms with Gasteiger partial charge in [-0.1, -0.05) is 26.7 Å². The molecule has 0 aromatic rings. The zero-order valence-electron chi connectivity index (χ0n) is 9.79. The number of nitrogens with one attached hydrogen (secondary N) is 1. The fourth-order valence-corrected chi connectivity index (χ4v) is 2.64. The topological polar surface area (TPSA) is 32.3 Å². The summed E-state index contributed by atoms with van der Waals surface area (Å²) in [4.78, 5) is 0. The normalized spacial score (nSPS) is 32.6. The lowest BCUT2D eigenvalue weighted by Gasteiger charge is -2.33. The van der Waals surface area contributed by atoms with Gasteiger partial charge in [0, 0.05) is 6.04 Å². The van der Waals surface area contributed by atoms with Crippen LogP contribution >= 0.6 is 0 Å². The summed E-state index contributed by atoms with van der Waals surface area (Å²) in [5.41, 5.74) is 0. The van der Waals surface area contributed by atoms with Gasteiger partial charge < -0.3 is 10.4 Å². The molecular formula is C12H25NO. The molecule has 2 N–H and O–H groups in total. The van der Waals surface area contributed by atoms with Crippen molar-refractivity contribution in [2.75, 3.05) is 6.54 Å². The van der Waals surface area contributed by atoms with E-state index in [2.05, 4.69) is 26.1 Å². The van der Waals surface area contributed by atoms with Gasteiger partial charge in [0.2, 0.25) is 0 Å². The van der Waals surface area contributed by atoms with Crippen molar-refractivity contribution < 1.29 is 5.11 Å². The van der Waals surface area contributed by atoms with E-state index in [-0.39, 0.29) is 12.1 Å². The lowest BCUT2D eigenvalue weighted by atomic mass is 9.78. The first kappa shape index (κ1) is 12.0. The lowest BCUT2D eigenvalue weighted by Crippen LogP contribution is -2.42. The van der Waals surface area contributed by atoms with Gasteiger partial charge in [-0.3, -0.25) is 0 Å². The summed E-state index contributed by atoms with van der Waals surface area (Å²) in [6.45, 7) is 7.43. The van der Waals surface area contributed by atoms with Crippen molar-refractivity contribution in [3.05, 3.63) is 0 Å². The maximum atomic E-state index is 10.1. The molecule has 0 spiro atoms. The van der Waals surface area contributed by atoms with Gasteiger partial charge in [0.15, 0.2) is 0 Å². The van der Waals surface area contributed by atoms with Gasteiger partial charge in [0.25, 0.3) is 0 Å². The Morgan fingerprint density at radius 2 is 2.14 bits per heavy atom. The summed E-state index contributed by atoms with van der Waals surface area (Å²) >= 11 is 0. The van der Waals surface area contributed by atoms with E-state index >= 15 is 0 Å². The molecule has 2 nitrogen and oxygen atoms in total. The van der Waals surface area contributed by atoms with Gasteiger partial charge in [-0.05, 0) is 38.1 Å². The predicted molar refractivity (Wildman–Crippen MR) is 60.3 cm³/mol. The molecule has 2 heteroatoms. The van der Waals surface area contributed by atoms with Gasteiger partial charge in [-0.15, -0.1) is 0 Å². The van der Waals surface area contributed by atoms with E-state index in [4.69, 9.17) is 0 Å². The van der Waals surface area contributed by atoms with Crippen LogP contribution in [0.2, 0.25) is 0 Å². The SMILES string of the molecule is CCNC(C)C(O)C1CCCC(C)C1. The Balaban J connectivity index is 2.38. The van der Waals surface area contributed by atoms with Crippen molar-refractivity contribution in [2.45, 2.75) is 58.6 Å². The largest absolute Gasteiger partial charge is 0.391 e. The molecule has 84 valence electrons. The summed E-state index contributed by atoms with van der Waals surface area (Å²) in [6, 6.07) is 0.246. The molecule has 0 aromatic carbocycles. The molecule has 0 heterocycles. The molecule has 1 aliphatic rings. The first-order valence-electron chi connectivity index (χ1n) is 6.06. The van der Waals surface area contributed by atoms with E-state index in [0.717, 1.165) is 12.5 Å². The minimum Gasteiger partial charge on any atom is -0.391 e. The average molecular weight is 199 g/mol. The zero-order valence-corrected chi connectivity index (χ0v) is 9.79. The monoisotopic (exact) mass is 199 g/mol. The third-order valence-corrected chi connectivity index (χ3v) is 3.50. The Morgan fingerprint density at radius 3 is 2.71 bits per heavy atom. The van der Waals surface area contributed by atoms with Crippen LogP contribution < -0.4 is 5.32 Å². The second kappa shape index (κ2) is 5.72. The molecule has 1 saturated carbocycles. The minimum absolute atomic E-state index is 0.155. The smallest absolute Gasteiger partial charge is 0.0718 e. The average Bonchev–Trinajstić information content (AvgIpc) is 2.17. The molecule has 14 heavy (non-hydrogen) atoms. The highest BCUT2D eigenvalue weighted by atomic mass is 16.3. The summed E-state index contributed by atoms with van der Waals surface area (Å²) in [5, 5.41) is 13.4. The van der Waals surface area contributed by atoms with Crippen LogP contribution in [0.3, 0.4) is 0 Å². The minimum atomic E-state index is -0.155. The van der Waals surface area contributed by atoms with Gasteiger partial charge >= 0.3 is 0 Å². The van der Waals surface area contributed by atoms with Crippen LogP contribution in [0.1, 0.15) is 46.5 Å². The fraction of sp³-hybridized carbons (Fsp3) is 1.00. The predicted octanol–water partition coefficient (Wildman–Crippen LogP) is 2.17. The van der Waals surface area contributed by atoms with Crippen molar-refractivity contribution >= 4 is 0 Å². The van der Waals surface area contributed by atoms with Gasteiger partial charge in [-0.2, -0.15) is 0 Å². The molecule has 0 aromatic heterocycles. The molecule has 0 amide bonds. The maximum absolute atomic E-state index is 10.1. The molecule has 0 saturated heterocycles. The lowest BCUT2D eigenvalue weighted by molar-refractivity contribution is 0.0456. The Morgan fingerprint density at radius 1 is 1.43 bits per heavy atom. The van der Waals surface area contributed by atoms with Crippen LogP contribution in [-0.4, -0.2) is 23.8 Å². The van der Waals surface area contributed by atoms with Crippen molar-refractivity contribution in [1.29, 1.82) is 0 Å². The van der Waals surface area contributed by atoms with Gasteiger partial charge in [0.05, 0.1) is 6.10 Å². The third kappa shape index (κ3) is 3.25. The molecule has 1 fully saturated rings. The number of hydrogen-bond acceptors (Lipinski definition) is 2. The van der Waals surface area contributed by atoms with Crippen molar-refractivity contribution in [3.63, 3.8) is 0 Å². The van der Waals surface area contributed by atoms with Crippen molar-refractivity contribution in [2.24, 2.45) is 11.8 Å². The quantitative estimate of drug-likeness (QED) is 0.727. The molecule has 0 aliphatic heterocycles. The fourth-order valence-electron chi connectivity index (χ4n) is 2.64. The van der Waals surface area contributed by atoms with Crippen LogP contribution in [-0.2, 0) is 0 Å². The highest BCUT2D eigenvalue weighted by Gasteiger charge is 2.28. The molecule has 1 aliphatic carbocycles. The Hall–Kier alpha value is -0.0800. The van der Waals surface area contributed by atoms with Crippen molar-refractivity contribution in [1.82, 2.24) is 5.32 Å². The molecule has 4 atom stereocenters.